The van der Waals surface area contributed by atoms with Crippen molar-refractivity contribution in [2.45, 2.75) is 26.2 Å². The van der Waals surface area contributed by atoms with Crippen molar-refractivity contribution in [1.82, 2.24) is 0 Å². The first-order chi connectivity index (χ1) is 7.15. The SMILES string of the molecule is CCCCCOc1cc(Cl)c(Cl)c(Cl)c1. The van der Waals surface area contributed by atoms with E-state index in [4.69, 9.17) is 39.5 Å². The molecule has 1 rings (SSSR count). The molecule has 15 heavy (non-hydrogen) atoms. The first-order valence-electron chi connectivity index (χ1n) is 4.92. The van der Waals surface area contributed by atoms with Gasteiger partial charge in [0, 0.05) is 12.1 Å². The molecule has 0 spiro atoms. The fraction of sp³-hybridized carbons (Fsp3) is 0.455. The molecule has 0 amide bonds. The van der Waals surface area contributed by atoms with E-state index in [0.29, 0.717) is 27.4 Å². The number of rotatable bonds is 5. The molecule has 4 heteroatoms. The van der Waals surface area contributed by atoms with Crippen LogP contribution < -0.4 is 4.74 Å². The van der Waals surface area contributed by atoms with Gasteiger partial charge < -0.3 is 4.74 Å². The summed E-state index contributed by atoms with van der Waals surface area (Å²) >= 11 is 17.5. The van der Waals surface area contributed by atoms with E-state index in [9.17, 15) is 0 Å². The van der Waals surface area contributed by atoms with Gasteiger partial charge in [0.2, 0.25) is 0 Å². The minimum Gasteiger partial charge on any atom is -0.493 e. The first kappa shape index (κ1) is 13.0. The average Bonchev–Trinajstić information content (AvgIpc) is 2.21. The van der Waals surface area contributed by atoms with Crippen LogP contribution in [0.4, 0.5) is 0 Å². The summed E-state index contributed by atoms with van der Waals surface area (Å²) in [7, 11) is 0. The fourth-order valence-corrected chi connectivity index (χ4v) is 1.73. The Morgan fingerprint density at radius 2 is 1.67 bits per heavy atom. The molecule has 0 fully saturated rings. The van der Waals surface area contributed by atoms with Crippen LogP contribution in [0.2, 0.25) is 15.1 Å². The lowest BCUT2D eigenvalue weighted by atomic mass is 10.3. The number of ether oxygens (including phenoxy) is 1. The maximum atomic E-state index is 5.86. The third-order valence-electron chi connectivity index (χ3n) is 1.97. The Hall–Kier alpha value is -0.110. The molecular formula is C11H13Cl3O. The largest absolute Gasteiger partial charge is 0.493 e. The molecule has 0 saturated carbocycles. The van der Waals surface area contributed by atoms with E-state index in [1.807, 2.05) is 0 Å². The molecule has 0 aliphatic heterocycles. The van der Waals surface area contributed by atoms with E-state index in [0.717, 1.165) is 12.8 Å². The number of unbranched alkanes of at least 4 members (excludes halogenated alkanes) is 2. The molecule has 0 saturated heterocycles. The zero-order valence-electron chi connectivity index (χ0n) is 8.53. The van der Waals surface area contributed by atoms with Crippen LogP contribution in [0.3, 0.4) is 0 Å². The lowest BCUT2D eigenvalue weighted by Crippen LogP contribution is -1.97. The Kier molecular flexibility index (Phi) is 5.59. The van der Waals surface area contributed by atoms with Gasteiger partial charge in [-0.2, -0.15) is 0 Å². The molecule has 0 atom stereocenters. The highest BCUT2D eigenvalue weighted by atomic mass is 35.5. The number of hydrogen-bond acceptors (Lipinski definition) is 1. The predicted octanol–water partition coefficient (Wildman–Crippen LogP) is 5.22. The van der Waals surface area contributed by atoms with Gasteiger partial charge in [-0.25, -0.2) is 0 Å². The van der Waals surface area contributed by atoms with Crippen molar-refractivity contribution in [2.24, 2.45) is 0 Å². The molecular weight excluding hydrogens is 254 g/mol. The Bertz CT molecular complexity index is 303. The Balaban J connectivity index is 2.55. The van der Waals surface area contributed by atoms with Crippen molar-refractivity contribution in [1.29, 1.82) is 0 Å². The van der Waals surface area contributed by atoms with Gasteiger partial charge in [-0.15, -0.1) is 0 Å². The molecule has 0 aliphatic carbocycles. The van der Waals surface area contributed by atoms with Gasteiger partial charge in [0.05, 0.1) is 21.7 Å². The van der Waals surface area contributed by atoms with Crippen LogP contribution in [-0.4, -0.2) is 6.61 Å². The molecule has 0 aromatic heterocycles. The minimum absolute atomic E-state index is 0.374. The molecule has 0 bridgehead atoms. The zero-order chi connectivity index (χ0) is 11.3. The molecule has 1 nitrogen and oxygen atoms in total. The van der Waals surface area contributed by atoms with Gasteiger partial charge in [0.15, 0.2) is 0 Å². The van der Waals surface area contributed by atoms with Crippen molar-refractivity contribution in [3.63, 3.8) is 0 Å². The Labute approximate surface area is 105 Å². The Morgan fingerprint density at radius 1 is 1.07 bits per heavy atom. The second-order valence-corrected chi connectivity index (χ2v) is 4.45. The summed E-state index contributed by atoms with van der Waals surface area (Å²) in [4.78, 5) is 0. The van der Waals surface area contributed by atoms with Crippen molar-refractivity contribution < 1.29 is 4.74 Å². The second-order valence-electron chi connectivity index (χ2n) is 3.26. The standard InChI is InChI=1S/C11H13Cl3O/c1-2-3-4-5-15-8-6-9(12)11(14)10(13)7-8/h6-7H,2-5H2,1H3. The highest BCUT2D eigenvalue weighted by molar-refractivity contribution is 6.48. The number of halogens is 3. The highest BCUT2D eigenvalue weighted by Gasteiger charge is 2.06. The third kappa shape index (κ3) is 4.10. The molecule has 0 radical (unpaired) electrons. The van der Waals surface area contributed by atoms with E-state index >= 15 is 0 Å². The lowest BCUT2D eigenvalue weighted by molar-refractivity contribution is 0.306. The zero-order valence-corrected chi connectivity index (χ0v) is 10.8. The molecule has 0 aliphatic rings. The Morgan fingerprint density at radius 3 is 2.20 bits per heavy atom. The second kappa shape index (κ2) is 6.47. The summed E-state index contributed by atoms with van der Waals surface area (Å²) in [5.41, 5.74) is 0. The highest BCUT2D eigenvalue weighted by Crippen LogP contribution is 2.34. The van der Waals surface area contributed by atoms with Gasteiger partial charge in [-0.3, -0.25) is 0 Å². The van der Waals surface area contributed by atoms with Crippen molar-refractivity contribution in [3.8, 4) is 5.75 Å². The monoisotopic (exact) mass is 266 g/mol. The van der Waals surface area contributed by atoms with Crippen LogP contribution in [0.25, 0.3) is 0 Å². The van der Waals surface area contributed by atoms with Crippen molar-refractivity contribution in [3.05, 3.63) is 27.2 Å². The van der Waals surface area contributed by atoms with Crippen LogP contribution in [0.15, 0.2) is 12.1 Å². The summed E-state index contributed by atoms with van der Waals surface area (Å²) in [5.74, 6) is 0.672. The van der Waals surface area contributed by atoms with Crippen LogP contribution >= 0.6 is 34.8 Å². The summed E-state index contributed by atoms with van der Waals surface area (Å²) < 4.78 is 5.50. The molecule has 0 heterocycles. The summed E-state index contributed by atoms with van der Waals surface area (Å²) in [6.45, 7) is 2.83. The van der Waals surface area contributed by atoms with E-state index in [1.165, 1.54) is 6.42 Å². The molecule has 1 aromatic carbocycles. The maximum absolute atomic E-state index is 5.86. The molecule has 0 unspecified atom stereocenters. The lowest BCUT2D eigenvalue weighted by Gasteiger charge is -2.07. The summed E-state index contributed by atoms with van der Waals surface area (Å²) in [6, 6.07) is 3.36. The van der Waals surface area contributed by atoms with Crippen LogP contribution in [0.5, 0.6) is 5.75 Å². The number of hydrogen-bond donors (Lipinski definition) is 0. The smallest absolute Gasteiger partial charge is 0.122 e. The van der Waals surface area contributed by atoms with Gasteiger partial charge >= 0.3 is 0 Å². The summed E-state index contributed by atoms with van der Waals surface area (Å²) in [6.07, 6.45) is 3.37. The molecule has 1 aromatic rings. The van der Waals surface area contributed by atoms with E-state index in [1.54, 1.807) is 12.1 Å². The van der Waals surface area contributed by atoms with Crippen LogP contribution in [0.1, 0.15) is 26.2 Å². The van der Waals surface area contributed by atoms with Gasteiger partial charge in [-0.1, -0.05) is 54.6 Å². The number of benzene rings is 1. The van der Waals surface area contributed by atoms with Gasteiger partial charge in [-0.05, 0) is 6.42 Å². The average molecular weight is 268 g/mol. The quantitative estimate of drug-likeness (QED) is 0.525. The van der Waals surface area contributed by atoms with Crippen molar-refractivity contribution >= 4 is 34.8 Å². The summed E-state index contributed by atoms with van der Waals surface area (Å²) in [5, 5.41) is 1.23. The van der Waals surface area contributed by atoms with Crippen molar-refractivity contribution in [2.75, 3.05) is 6.61 Å². The topological polar surface area (TPSA) is 9.23 Å². The fourth-order valence-electron chi connectivity index (χ4n) is 1.16. The minimum atomic E-state index is 0.374. The van der Waals surface area contributed by atoms with E-state index in [-0.39, 0.29) is 0 Å². The van der Waals surface area contributed by atoms with Gasteiger partial charge in [0.1, 0.15) is 5.75 Å². The normalized spacial score (nSPS) is 10.4. The molecule has 84 valence electrons. The maximum Gasteiger partial charge on any atom is 0.122 e. The van der Waals surface area contributed by atoms with Crippen LogP contribution in [0, 0.1) is 0 Å². The van der Waals surface area contributed by atoms with Crippen LogP contribution in [-0.2, 0) is 0 Å². The van der Waals surface area contributed by atoms with Gasteiger partial charge in [0.25, 0.3) is 0 Å². The predicted molar refractivity (Wildman–Crippen MR) is 66.5 cm³/mol. The third-order valence-corrected chi connectivity index (χ3v) is 3.17. The first-order valence-corrected chi connectivity index (χ1v) is 6.06. The molecule has 0 N–H and O–H groups in total. The van der Waals surface area contributed by atoms with E-state index < -0.39 is 0 Å². The van der Waals surface area contributed by atoms with E-state index in [2.05, 4.69) is 6.92 Å².